The van der Waals surface area contributed by atoms with Crippen molar-refractivity contribution >= 4 is 29.1 Å². The van der Waals surface area contributed by atoms with E-state index in [4.69, 9.17) is 9.47 Å². The van der Waals surface area contributed by atoms with Crippen LogP contribution < -0.4 is 9.64 Å². The van der Waals surface area contributed by atoms with Crippen molar-refractivity contribution in [3.8, 4) is 5.75 Å². The minimum Gasteiger partial charge on any atom is -0.493 e. The van der Waals surface area contributed by atoms with Crippen molar-refractivity contribution in [3.63, 3.8) is 0 Å². The van der Waals surface area contributed by atoms with Crippen molar-refractivity contribution in [1.29, 1.82) is 0 Å². The van der Waals surface area contributed by atoms with Crippen LogP contribution >= 0.6 is 0 Å². The summed E-state index contributed by atoms with van der Waals surface area (Å²) in [5.41, 5.74) is 5.60. The van der Waals surface area contributed by atoms with E-state index < -0.39 is 5.97 Å². The normalized spacial score (nSPS) is 10.4. The number of carbonyl (C=O) groups is 1. The monoisotopic (exact) mass is 445 g/mol. The lowest BCUT2D eigenvalue weighted by Crippen LogP contribution is -2.14. The van der Waals surface area contributed by atoms with Crippen molar-refractivity contribution in [2.75, 3.05) is 18.1 Å². The van der Waals surface area contributed by atoms with Crippen LogP contribution in [-0.4, -0.2) is 19.2 Å². The molecule has 0 heterocycles. The third-order valence-corrected chi connectivity index (χ3v) is 4.91. The van der Waals surface area contributed by atoms with Crippen LogP contribution in [0.4, 0.5) is 17.1 Å². The Balaban J connectivity index is 0.00000187. The molecular formula is C29H35NO3. The van der Waals surface area contributed by atoms with Gasteiger partial charge in [0.2, 0.25) is 0 Å². The average molecular weight is 446 g/mol. The molecule has 0 bridgehead atoms. The van der Waals surface area contributed by atoms with E-state index in [0.717, 1.165) is 22.6 Å². The van der Waals surface area contributed by atoms with Gasteiger partial charge in [-0.15, -0.1) is 0 Å². The molecule has 0 aliphatic carbocycles. The molecule has 0 aliphatic heterocycles. The lowest BCUT2D eigenvalue weighted by Gasteiger charge is -2.28. The third kappa shape index (κ3) is 6.26. The Kier molecular flexibility index (Phi) is 10.2. The second kappa shape index (κ2) is 13.1. The number of hydrogen-bond donors (Lipinski definition) is 0. The predicted octanol–water partition coefficient (Wildman–Crippen LogP) is 8.10. The molecule has 0 atom stereocenters. The molecule has 33 heavy (non-hydrogen) atoms. The summed E-state index contributed by atoms with van der Waals surface area (Å²) >= 11 is 0. The van der Waals surface area contributed by atoms with Gasteiger partial charge in [0.1, 0.15) is 11.3 Å². The summed E-state index contributed by atoms with van der Waals surface area (Å²) in [5.74, 6) is 0.134. The Bertz CT molecular complexity index is 1060. The number of para-hydroxylation sites is 1. The molecular weight excluding hydrogens is 410 g/mol. The first-order chi connectivity index (χ1) is 16.1. The molecule has 3 rings (SSSR count). The highest BCUT2D eigenvalue weighted by molar-refractivity contribution is 5.95. The van der Waals surface area contributed by atoms with E-state index in [2.05, 4.69) is 48.2 Å². The largest absolute Gasteiger partial charge is 0.493 e. The number of rotatable bonds is 8. The summed E-state index contributed by atoms with van der Waals surface area (Å²) in [7, 11) is 0. The highest BCUT2D eigenvalue weighted by Gasteiger charge is 2.20. The molecule has 4 heteroatoms. The first-order valence-electron chi connectivity index (χ1n) is 11.6. The number of nitrogens with zero attached hydrogens (tertiary/aromatic N) is 1. The highest BCUT2D eigenvalue weighted by Crippen LogP contribution is 2.39. The summed E-state index contributed by atoms with van der Waals surface area (Å²) < 4.78 is 11.0. The van der Waals surface area contributed by atoms with Gasteiger partial charge in [0.05, 0.1) is 18.9 Å². The van der Waals surface area contributed by atoms with Gasteiger partial charge in [-0.2, -0.15) is 0 Å². The number of allylic oxidation sites excluding steroid dienone is 1. The summed E-state index contributed by atoms with van der Waals surface area (Å²) in [6.07, 6.45) is 4.15. The zero-order valence-corrected chi connectivity index (χ0v) is 20.6. The van der Waals surface area contributed by atoms with E-state index in [0.29, 0.717) is 24.5 Å². The van der Waals surface area contributed by atoms with Crippen molar-refractivity contribution < 1.29 is 14.3 Å². The summed E-state index contributed by atoms with van der Waals surface area (Å²) in [4.78, 5) is 14.8. The van der Waals surface area contributed by atoms with Gasteiger partial charge >= 0.3 is 5.97 Å². The molecule has 3 aromatic rings. The molecule has 0 aromatic heterocycles. The number of benzene rings is 3. The molecule has 0 unspecified atom stereocenters. The summed E-state index contributed by atoms with van der Waals surface area (Å²) in [6.45, 7) is 12.6. The number of ether oxygens (including phenoxy) is 2. The van der Waals surface area contributed by atoms with E-state index in [1.54, 1.807) is 6.92 Å². The van der Waals surface area contributed by atoms with Crippen LogP contribution in [0.1, 0.15) is 56.1 Å². The molecule has 0 saturated carbocycles. The van der Waals surface area contributed by atoms with Gasteiger partial charge in [-0.1, -0.05) is 56.3 Å². The van der Waals surface area contributed by atoms with E-state index in [1.807, 2.05) is 70.2 Å². The molecule has 0 fully saturated rings. The van der Waals surface area contributed by atoms with Crippen LogP contribution in [0.5, 0.6) is 5.75 Å². The fourth-order valence-corrected chi connectivity index (χ4v) is 3.55. The summed E-state index contributed by atoms with van der Waals surface area (Å²) in [6, 6.07) is 22.0. The number of anilines is 3. The van der Waals surface area contributed by atoms with Crippen molar-refractivity contribution in [2.24, 2.45) is 0 Å². The van der Waals surface area contributed by atoms with Crippen LogP contribution in [0.3, 0.4) is 0 Å². The van der Waals surface area contributed by atoms with Crippen LogP contribution in [0.2, 0.25) is 0 Å². The van der Waals surface area contributed by atoms with Gasteiger partial charge < -0.3 is 14.4 Å². The lowest BCUT2D eigenvalue weighted by molar-refractivity contribution is 0.0522. The molecule has 174 valence electrons. The number of hydrogen-bond acceptors (Lipinski definition) is 4. The Morgan fingerprint density at radius 2 is 1.64 bits per heavy atom. The van der Waals surface area contributed by atoms with Crippen LogP contribution in [0.15, 0.2) is 72.8 Å². The van der Waals surface area contributed by atoms with E-state index in [9.17, 15) is 4.79 Å². The third-order valence-electron chi connectivity index (χ3n) is 4.91. The van der Waals surface area contributed by atoms with E-state index in [1.165, 1.54) is 5.56 Å². The van der Waals surface area contributed by atoms with E-state index >= 15 is 0 Å². The second-order valence-corrected chi connectivity index (χ2v) is 7.01. The van der Waals surface area contributed by atoms with Crippen LogP contribution in [0.25, 0.3) is 6.08 Å². The predicted molar refractivity (Wildman–Crippen MR) is 139 cm³/mol. The van der Waals surface area contributed by atoms with Gasteiger partial charge in [-0.25, -0.2) is 4.79 Å². The average Bonchev–Trinajstić information content (AvgIpc) is 2.84. The van der Waals surface area contributed by atoms with Gasteiger partial charge in [0.25, 0.3) is 0 Å². The molecule has 3 aromatic carbocycles. The Labute approximate surface area is 198 Å². The summed E-state index contributed by atoms with van der Waals surface area (Å²) in [5, 5.41) is 0. The molecule has 0 spiro atoms. The van der Waals surface area contributed by atoms with Gasteiger partial charge in [-0.05, 0) is 69.7 Å². The minimum atomic E-state index is -0.390. The van der Waals surface area contributed by atoms with Crippen molar-refractivity contribution in [2.45, 2.75) is 41.5 Å². The maximum absolute atomic E-state index is 12.7. The molecule has 0 radical (unpaired) electrons. The highest BCUT2D eigenvalue weighted by atomic mass is 16.5. The molecule has 0 amide bonds. The zero-order chi connectivity index (χ0) is 24.2. The maximum atomic E-state index is 12.7. The zero-order valence-electron chi connectivity index (χ0n) is 20.6. The molecule has 0 saturated heterocycles. The number of aryl methyl sites for hydroxylation is 1. The Morgan fingerprint density at radius 1 is 0.909 bits per heavy atom. The standard InChI is InChI=1S/C27H29NO3.C2H6/c1-5-12-23-20(4)13-11-16-25(23)28(21-14-9-8-10-15-21)22-17-18-26(30-6-2)24(19-22)27(29)31-7-3;1-2/h5,8-19H,6-7H2,1-4H3;1-2H3/b12-5-;. The van der Waals surface area contributed by atoms with Crippen molar-refractivity contribution in [1.82, 2.24) is 0 Å². The molecule has 0 N–H and O–H groups in total. The Morgan fingerprint density at radius 3 is 2.27 bits per heavy atom. The quantitative estimate of drug-likeness (QED) is 0.328. The second-order valence-electron chi connectivity index (χ2n) is 7.01. The topological polar surface area (TPSA) is 38.8 Å². The molecule has 0 aliphatic rings. The maximum Gasteiger partial charge on any atom is 0.341 e. The fraction of sp³-hybridized carbons (Fsp3) is 0.276. The van der Waals surface area contributed by atoms with Gasteiger partial charge in [-0.3, -0.25) is 0 Å². The number of carbonyl (C=O) groups excluding carboxylic acids is 1. The first kappa shape index (κ1) is 25.7. The SMILES string of the molecule is C/C=C\c1c(C)cccc1N(c1ccccc1)c1ccc(OCC)c(C(=O)OCC)c1.CC. The van der Waals surface area contributed by atoms with Crippen LogP contribution in [-0.2, 0) is 4.74 Å². The van der Waals surface area contributed by atoms with Crippen LogP contribution in [0, 0.1) is 6.92 Å². The lowest BCUT2D eigenvalue weighted by atomic mass is 10.0. The smallest absolute Gasteiger partial charge is 0.341 e. The fourth-order valence-electron chi connectivity index (χ4n) is 3.55. The Hall–Kier alpha value is -3.53. The van der Waals surface area contributed by atoms with Crippen molar-refractivity contribution in [3.05, 3.63) is 89.5 Å². The number of esters is 1. The van der Waals surface area contributed by atoms with Gasteiger partial charge in [0.15, 0.2) is 0 Å². The van der Waals surface area contributed by atoms with Gasteiger partial charge in [0, 0.05) is 16.9 Å². The van der Waals surface area contributed by atoms with E-state index in [-0.39, 0.29) is 0 Å². The minimum absolute atomic E-state index is 0.306. The molecule has 4 nitrogen and oxygen atoms in total. The first-order valence-corrected chi connectivity index (χ1v) is 11.6.